The van der Waals surface area contributed by atoms with Crippen LogP contribution in [0.1, 0.15) is 18.4 Å². The van der Waals surface area contributed by atoms with Gasteiger partial charge in [0, 0.05) is 31.1 Å². The van der Waals surface area contributed by atoms with Crippen LogP contribution in [0.25, 0.3) is 10.2 Å². The first-order valence-corrected chi connectivity index (χ1v) is 10.6. The molecule has 2 amide bonds. The average molecular weight is 386 g/mol. The largest absolute Gasteiger partial charge is 0.493 e. The van der Waals surface area contributed by atoms with E-state index < -0.39 is 0 Å². The van der Waals surface area contributed by atoms with E-state index in [1.165, 1.54) is 5.56 Å². The number of aromatic nitrogens is 1. The van der Waals surface area contributed by atoms with Gasteiger partial charge in [0.2, 0.25) is 0 Å². The quantitative estimate of drug-likeness (QED) is 0.855. The van der Waals surface area contributed by atoms with Gasteiger partial charge in [0.25, 0.3) is 0 Å². The number of hydrogen-bond acceptors (Lipinski definition) is 6. The van der Waals surface area contributed by atoms with Crippen molar-refractivity contribution in [2.24, 2.45) is 0 Å². The molecule has 0 radical (unpaired) electrons. The molecule has 1 aromatic carbocycles. The maximum Gasteiger partial charge on any atom is 0.324 e. The number of morpholine rings is 1. The van der Waals surface area contributed by atoms with E-state index in [9.17, 15) is 4.79 Å². The maximum atomic E-state index is 12.8. The zero-order valence-electron chi connectivity index (χ0n) is 15.0. The lowest BCUT2D eigenvalue weighted by Crippen LogP contribution is -2.53. The van der Waals surface area contributed by atoms with Crippen molar-refractivity contribution in [3.05, 3.63) is 17.7 Å². The summed E-state index contributed by atoms with van der Waals surface area (Å²) in [5.74, 6) is 0.940. The summed E-state index contributed by atoms with van der Waals surface area (Å²) in [6.07, 6.45) is 3.04. The molecular weight excluding hydrogens is 364 g/mol. The van der Waals surface area contributed by atoms with Crippen LogP contribution < -0.4 is 15.0 Å². The number of nitrogens with zero attached hydrogens (tertiary/aromatic N) is 3. The highest BCUT2D eigenvalue weighted by Gasteiger charge is 2.51. The first-order valence-electron chi connectivity index (χ1n) is 9.76. The molecule has 4 heterocycles. The van der Waals surface area contributed by atoms with Crippen molar-refractivity contribution in [1.29, 1.82) is 0 Å². The van der Waals surface area contributed by atoms with E-state index in [1.54, 1.807) is 11.3 Å². The number of fused-ring (bicyclic) bond motifs is 4. The Labute approximate surface area is 161 Å². The van der Waals surface area contributed by atoms with Gasteiger partial charge in [-0.25, -0.2) is 9.78 Å². The van der Waals surface area contributed by atoms with Crippen LogP contribution in [-0.4, -0.2) is 67.0 Å². The molecule has 0 spiro atoms. The smallest absolute Gasteiger partial charge is 0.324 e. The number of anilines is 1. The Bertz CT molecular complexity index is 910. The second-order valence-electron chi connectivity index (χ2n) is 7.69. The first-order chi connectivity index (χ1) is 13.3. The van der Waals surface area contributed by atoms with Gasteiger partial charge >= 0.3 is 6.03 Å². The number of rotatable bonds is 2. The molecule has 8 heteroatoms. The Hall–Kier alpha value is -1.90. The summed E-state index contributed by atoms with van der Waals surface area (Å²) in [5.41, 5.74) is 2.18. The Kier molecular flexibility index (Phi) is 3.61. The number of carbonyl (C=O) groups excluding carboxylic acids is 1. The minimum atomic E-state index is -0.00471. The van der Waals surface area contributed by atoms with Crippen LogP contribution in [0.3, 0.4) is 0 Å². The van der Waals surface area contributed by atoms with Crippen molar-refractivity contribution in [3.63, 3.8) is 0 Å². The van der Waals surface area contributed by atoms with Crippen LogP contribution in [0, 0.1) is 0 Å². The van der Waals surface area contributed by atoms with Crippen molar-refractivity contribution in [3.8, 4) is 5.75 Å². The van der Waals surface area contributed by atoms with E-state index in [0.29, 0.717) is 6.04 Å². The molecule has 142 valence electrons. The lowest BCUT2D eigenvalue weighted by atomic mass is 10.1. The van der Waals surface area contributed by atoms with Gasteiger partial charge in [-0.2, -0.15) is 0 Å². The van der Waals surface area contributed by atoms with Crippen molar-refractivity contribution in [2.45, 2.75) is 37.4 Å². The third kappa shape index (κ3) is 2.40. The molecule has 3 aliphatic heterocycles. The molecule has 3 fully saturated rings. The van der Waals surface area contributed by atoms with E-state index in [0.717, 1.165) is 73.3 Å². The van der Waals surface area contributed by atoms with E-state index in [2.05, 4.69) is 16.3 Å². The number of benzene rings is 1. The number of hydrogen-bond donors (Lipinski definition) is 1. The van der Waals surface area contributed by atoms with Crippen LogP contribution >= 0.6 is 11.3 Å². The first kappa shape index (κ1) is 16.1. The molecule has 4 aliphatic rings. The fourth-order valence-corrected chi connectivity index (χ4v) is 6.15. The summed E-state index contributed by atoms with van der Waals surface area (Å²) in [6, 6.07) is 4.84. The minimum absolute atomic E-state index is 0.00471. The summed E-state index contributed by atoms with van der Waals surface area (Å²) in [6.45, 7) is 4.17. The summed E-state index contributed by atoms with van der Waals surface area (Å²) < 4.78 is 12.3. The fourth-order valence-electron chi connectivity index (χ4n) is 5.12. The maximum absolute atomic E-state index is 12.8. The van der Waals surface area contributed by atoms with Crippen LogP contribution in [0.4, 0.5) is 9.93 Å². The van der Waals surface area contributed by atoms with Crippen LogP contribution in [0.5, 0.6) is 5.75 Å². The van der Waals surface area contributed by atoms with Crippen LogP contribution in [-0.2, 0) is 11.2 Å². The zero-order chi connectivity index (χ0) is 18.0. The van der Waals surface area contributed by atoms with Gasteiger partial charge < -0.3 is 14.8 Å². The summed E-state index contributed by atoms with van der Waals surface area (Å²) in [4.78, 5) is 22.2. The molecule has 2 saturated heterocycles. The van der Waals surface area contributed by atoms with Crippen molar-refractivity contribution in [2.75, 3.05) is 37.8 Å². The van der Waals surface area contributed by atoms with Crippen molar-refractivity contribution in [1.82, 2.24) is 15.2 Å². The molecule has 6 rings (SSSR count). The molecular formula is C19H22N4O3S. The van der Waals surface area contributed by atoms with Gasteiger partial charge in [-0.05, 0) is 25.0 Å². The summed E-state index contributed by atoms with van der Waals surface area (Å²) in [7, 11) is 0. The Balaban J connectivity index is 1.39. The molecule has 0 unspecified atom stereocenters. The molecule has 0 bridgehead atoms. The molecule has 1 N–H and O–H groups in total. The Morgan fingerprint density at radius 1 is 1.19 bits per heavy atom. The SMILES string of the molecule is O=C1N[C@H]2CC[C@@H](N3CCOCC3)[C@H]2N1c1nc2c3c(ccc2s1)OCC3. The highest BCUT2D eigenvalue weighted by Crippen LogP contribution is 2.42. The number of thiazole rings is 1. The summed E-state index contributed by atoms with van der Waals surface area (Å²) in [5, 5.41) is 4.02. The molecule has 3 atom stereocenters. The van der Waals surface area contributed by atoms with Crippen LogP contribution in [0.15, 0.2) is 12.1 Å². The van der Waals surface area contributed by atoms with Gasteiger partial charge in [-0.3, -0.25) is 9.80 Å². The lowest BCUT2D eigenvalue weighted by molar-refractivity contribution is 0.0150. The predicted octanol–water partition coefficient (Wildman–Crippen LogP) is 1.99. The van der Waals surface area contributed by atoms with Crippen LogP contribution in [0.2, 0.25) is 0 Å². The number of ether oxygens (including phenoxy) is 2. The third-order valence-electron chi connectivity index (χ3n) is 6.35. The lowest BCUT2D eigenvalue weighted by Gasteiger charge is -2.37. The van der Waals surface area contributed by atoms with E-state index in [4.69, 9.17) is 14.5 Å². The van der Waals surface area contributed by atoms with Gasteiger partial charge in [0.1, 0.15) is 5.75 Å². The highest BCUT2D eigenvalue weighted by atomic mass is 32.1. The molecule has 7 nitrogen and oxygen atoms in total. The average Bonchev–Trinajstić information content (AvgIpc) is 3.43. The second-order valence-corrected chi connectivity index (χ2v) is 8.70. The standard InChI is InChI=1S/C19H22N4O3S/c24-18-20-12-1-2-13(22-6-9-25-10-7-22)17(12)23(18)19-21-16-11-5-8-26-14(11)3-4-15(16)27-19/h3-4,12-13,17H,1-2,5-10H2,(H,20,24)/t12-,13+,17-/m0/s1. The summed E-state index contributed by atoms with van der Waals surface area (Å²) >= 11 is 1.62. The number of nitrogens with one attached hydrogen (secondary N) is 1. The van der Waals surface area contributed by atoms with Gasteiger partial charge in [-0.1, -0.05) is 11.3 Å². The molecule has 27 heavy (non-hydrogen) atoms. The highest BCUT2D eigenvalue weighted by molar-refractivity contribution is 7.22. The molecule has 1 aliphatic carbocycles. The number of amides is 2. The van der Waals surface area contributed by atoms with E-state index in [1.807, 2.05) is 11.0 Å². The number of urea groups is 1. The van der Waals surface area contributed by atoms with Gasteiger partial charge in [-0.15, -0.1) is 0 Å². The van der Waals surface area contributed by atoms with E-state index in [-0.39, 0.29) is 18.1 Å². The Morgan fingerprint density at radius 3 is 2.96 bits per heavy atom. The minimum Gasteiger partial charge on any atom is -0.493 e. The normalized spacial score (nSPS) is 30.4. The topological polar surface area (TPSA) is 66.9 Å². The van der Waals surface area contributed by atoms with Crippen molar-refractivity contribution >= 4 is 32.7 Å². The molecule has 2 aromatic rings. The van der Waals surface area contributed by atoms with E-state index >= 15 is 0 Å². The molecule has 1 aromatic heterocycles. The fraction of sp³-hybridized carbons (Fsp3) is 0.579. The Morgan fingerprint density at radius 2 is 2.07 bits per heavy atom. The van der Waals surface area contributed by atoms with Gasteiger partial charge in [0.05, 0.1) is 42.1 Å². The zero-order valence-corrected chi connectivity index (χ0v) is 15.8. The third-order valence-corrected chi connectivity index (χ3v) is 7.37. The monoisotopic (exact) mass is 386 g/mol. The van der Waals surface area contributed by atoms with Gasteiger partial charge in [0.15, 0.2) is 5.13 Å². The number of carbonyl (C=O) groups is 1. The molecule has 1 saturated carbocycles. The second kappa shape index (κ2) is 6.05. The predicted molar refractivity (Wildman–Crippen MR) is 103 cm³/mol. The van der Waals surface area contributed by atoms with Crippen molar-refractivity contribution < 1.29 is 14.3 Å².